The molecule has 1 aliphatic rings. The minimum absolute atomic E-state index is 0.112. The number of anilines is 1. The number of nitrogens with one attached hydrogen (secondary N) is 1. The predicted molar refractivity (Wildman–Crippen MR) is 134 cm³/mol. The largest absolute Gasteiger partial charge is 0.339 e. The molecule has 1 saturated heterocycles. The molecular weight excluding hydrogens is 462 g/mol. The molecule has 0 radical (unpaired) electrons. The van der Waals surface area contributed by atoms with E-state index in [1.807, 2.05) is 36.1 Å². The van der Waals surface area contributed by atoms with Crippen molar-refractivity contribution in [2.75, 3.05) is 17.8 Å². The van der Waals surface area contributed by atoms with Gasteiger partial charge in [0.05, 0.1) is 29.2 Å². The third-order valence-corrected chi connectivity index (χ3v) is 8.14. The molecule has 0 spiro atoms. The van der Waals surface area contributed by atoms with Crippen LogP contribution in [-0.4, -0.2) is 42.1 Å². The summed E-state index contributed by atoms with van der Waals surface area (Å²) in [6, 6.07) is 14.9. The molecule has 1 N–H and O–H groups in total. The Labute approximate surface area is 206 Å². The summed E-state index contributed by atoms with van der Waals surface area (Å²) in [6.07, 6.45) is 3.02. The van der Waals surface area contributed by atoms with E-state index >= 15 is 0 Å². The molecule has 3 aromatic rings. The number of aromatic nitrogens is 2. The minimum Gasteiger partial charge on any atom is -0.339 e. The fraction of sp³-hybridized carbons (Fsp3) is 0.346. The second-order valence-corrected chi connectivity index (χ2v) is 10.5. The van der Waals surface area contributed by atoms with Crippen molar-refractivity contribution < 1.29 is 13.2 Å². The number of rotatable bonds is 6. The van der Waals surface area contributed by atoms with E-state index in [0.717, 1.165) is 18.4 Å². The van der Waals surface area contributed by atoms with Crippen LogP contribution in [0.4, 0.5) is 5.69 Å². The third-order valence-electron chi connectivity index (χ3n) is 6.67. The molecule has 1 fully saturated rings. The van der Waals surface area contributed by atoms with Gasteiger partial charge in [-0.25, -0.2) is 8.42 Å². The topological polar surface area (TPSA) is 108 Å². The number of hydrogen-bond acceptors (Lipinski definition) is 5. The van der Waals surface area contributed by atoms with Crippen LogP contribution in [0.15, 0.2) is 53.6 Å². The fourth-order valence-electron chi connectivity index (χ4n) is 4.51. The molecule has 0 aliphatic carbocycles. The quantitative estimate of drug-likeness (QED) is 0.556. The van der Waals surface area contributed by atoms with E-state index in [9.17, 15) is 13.2 Å². The highest BCUT2D eigenvalue weighted by Crippen LogP contribution is 2.30. The van der Waals surface area contributed by atoms with Gasteiger partial charge in [-0.2, -0.15) is 10.4 Å². The maximum absolute atomic E-state index is 13.2. The zero-order chi connectivity index (χ0) is 25.2. The number of likely N-dealkylation sites (tertiary alicyclic amines) is 1. The molecule has 1 aliphatic heterocycles. The zero-order valence-electron chi connectivity index (χ0n) is 20.2. The van der Waals surface area contributed by atoms with Gasteiger partial charge in [0, 0.05) is 25.2 Å². The minimum atomic E-state index is -3.84. The number of piperidine rings is 1. The molecule has 8 nitrogen and oxygen atoms in total. The van der Waals surface area contributed by atoms with Crippen LogP contribution in [0.25, 0.3) is 0 Å². The highest BCUT2D eigenvalue weighted by Gasteiger charge is 2.26. The first-order valence-electron chi connectivity index (χ1n) is 11.7. The van der Waals surface area contributed by atoms with Gasteiger partial charge in [0.15, 0.2) is 0 Å². The molecule has 0 saturated carbocycles. The molecule has 9 heteroatoms. The van der Waals surface area contributed by atoms with Gasteiger partial charge >= 0.3 is 0 Å². The maximum Gasteiger partial charge on any atom is 0.265 e. The van der Waals surface area contributed by atoms with Gasteiger partial charge in [-0.05, 0) is 74.9 Å². The van der Waals surface area contributed by atoms with Crippen molar-refractivity contribution in [3.63, 3.8) is 0 Å². The fourth-order valence-corrected chi connectivity index (χ4v) is 5.80. The van der Waals surface area contributed by atoms with Crippen LogP contribution < -0.4 is 4.72 Å². The summed E-state index contributed by atoms with van der Waals surface area (Å²) >= 11 is 0. The Kier molecular flexibility index (Phi) is 6.94. The van der Waals surface area contributed by atoms with Crippen molar-refractivity contribution in [1.29, 1.82) is 5.26 Å². The van der Waals surface area contributed by atoms with E-state index in [1.165, 1.54) is 11.8 Å². The second kappa shape index (κ2) is 9.92. The van der Waals surface area contributed by atoms with E-state index in [1.54, 1.807) is 36.7 Å². The average molecular weight is 492 g/mol. The number of benzene rings is 2. The Bertz CT molecular complexity index is 1380. The summed E-state index contributed by atoms with van der Waals surface area (Å²) in [5.74, 6) is 0.234. The molecule has 2 aromatic carbocycles. The number of amides is 1. The van der Waals surface area contributed by atoms with Crippen molar-refractivity contribution in [1.82, 2.24) is 14.7 Å². The van der Waals surface area contributed by atoms with Crippen LogP contribution in [-0.2, 0) is 16.6 Å². The van der Waals surface area contributed by atoms with E-state index in [2.05, 4.69) is 15.9 Å². The highest BCUT2D eigenvalue weighted by atomic mass is 32.2. The number of carbonyl (C=O) groups is 1. The summed E-state index contributed by atoms with van der Waals surface area (Å²) in [6.45, 7) is 7.24. The number of nitriles is 1. The first kappa shape index (κ1) is 24.5. The summed E-state index contributed by atoms with van der Waals surface area (Å²) in [4.78, 5) is 15.2. The smallest absolute Gasteiger partial charge is 0.265 e. The van der Waals surface area contributed by atoms with Crippen LogP contribution in [0.1, 0.15) is 58.4 Å². The summed E-state index contributed by atoms with van der Waals surface area (Å²) in [5, 5.41) is 13.1. The number of aryl methyl sites for hydroxylation is 2. The molecule has 182 valence electrons. The van der Waals surface area contributed by atoms with Crippen molar-refractivity contribution in [2.24, 2.45) is 0 Å². The predicted octanol–water partition coefficient (Wildman–Crippen LogP) is 4.21. The van der Waals surface area contributed by atoms with Crippen LogP contribution >= 0.6 is 0 Å². The molecule has 0 bridgehead atoms. The van der Waals surface area contributed by atoms with Crippen molar-refractivity contribution in [3.05, 3.63) is 76.6 Å². The molecule has 1 amide bonds. The van der Waals surface area contributed by atoms with Crippen LogP contribution in [0.5, 0.6) is 0 Å². The van der Waals surface area contributed by atoms with Gasteiger partial charge in [0.1, 0.15) is 4.90 Å². The van der Waals surface area contributed by atoms with E-state index < -0.39 is 10.0 Å². The zero-order valence-corrected chi connectivity index (χ0v) is 21.0. The van der Waals surface area contributed by atoms with E-state index in [-0.39, 0.29) is 10.8 Å². The van der Waals surface area contributed by atoms with Gasteiger partial charge in [0.2, 0.25) is 0 Å². The highest BCUT2D eigenvalue weighted by molar-refractivity contribution is 7.92. The monoisotopic (exact) mass is 491 g/mol. The van der Waals surface area contributed by atoms with E-state index in [0.29, 0.717) is 48.1 Å². The molecule has 2 heterocycles. The SMILES string of the molecule is CCn1ncc(S(=O)(=O)Nc2cc(C(=O)N3CCC(c4ccc(C#N)cc4)CC3)ccc2C)c1C. The summed E-state index contributed by atoms with van der Waals surface area (Å²) < 4.78 is 30.3. The van der Waals surface area contributed by atoms with Crippen LogP contribution in [0, 0.1) is 25.2 Å². The molecular formula is C26H29N5O3S. The Morgan fingerprint density at radius 2 is 1.83 bits per heavy atom. The third kappa shape index (κ3) is 5.08. The first-order chi connectivity index (χ1) is 16.7. The Morgan fingerprint density at radius 3 is 2.43 bits per heavy atom. The van der Waals surface area contributed by atoms with Gasteiger partial charge in [-0.1, -0.05) is 18.2 Å². The number of nitrogens with zero attached hydrogens (tertiary/aromatic N) is 4. The Hall–Kier alpha value is -3.64. The number of carbonyl (C=O) groups excluding carboxylic acids is 1. The van der Waals surface area contributed by atoms with Crippen molar-refractivity contribution >= 4 is 21.6 Å². The molecule has 35 heavy (non-hydrogen) atoms. The lowest BCUT2D eigenvalue weighted by Crippen LogP contribution is -2.38. The molecule has 0 unspecified atom stereocenters. The Morgan fingerprint density at radius 1 is 1.14 bits per heavy atom. The van der Waals surface area contributed by atoms with Crippen molar-refractivity contribution in [3.8, 4) is 6.07 Å². The van der Waals surface area contributed by atoms with E-state index in [4.69, 9.17) is 5.26 Å². The average Bonchev–Trinajstić information content (AvgIpc) is 3.26. The molecule has 0 atom stereocenters. The summed E-state index contributed by atoms with van der Waals surface area (Å²) in [7, 11) is -3.84. The molecule has 4 rings (SSSR count). The molecule has 1 aromatic heterocycles. The first-order valence-corrected chi connectivity index (χ1v) is 13.2. The van der Waals surface area contributed by atoms with Gasteiger partial charge in [-0.3, -0.25) is 14.2 Å². The standard InChI is InChI=1S/C26H29N5O3S/c1-4-31-19(3)25(17-28-31)35(33,34)29-24-15-23(8-5-18(24)2)26(32)30-13-11-22(12-14-30)21-9-6-20(16-27)7-10-21/h5-10,15,17,22,29H,4,11-14H2,1-3H3. The number of hydrogen-bond donors (Lipinski definition) is 1. The van der Waals surface area contributed by atoms with Gasteiger partial charge in [0.25, 0.3) is 15.9 Å². The summed E-state index contributed by atoms with van der Waals surface area (Å²) in [5.41, 5.74) is 3.95. The number of sulfonamides is 1. The van der Waals surface area contributed by atoms with Gasteiger partial charge in [-0.15, -0.1) is 0 Å². The lowest BCUT2D eigenvalue weighted by atomic mass is 9.89. The van der Waals surface area contributed by atoms with Gasteiger partial charge < -0.3 is 4.90 Å². The Balaban J connectivity index is 1.47. The normalized spacial score (nSPS) is 14.5. The second-order valence-electron chi connectivity index (χ2n) is 8.85. The van der Waals surface area contributed by atoms with Crippen LogP contribution in [0.2, 0.25) is 0 Å². The van der Waals surface area contributed by atoms with Crippen LogP contribution in [0.3, 0.4) is 0 Å². The maximum atomic E-state index is 13.2. The lowest BCUT2D eigenvalue weighted by Gasteiger charge is -2.32. The van der Waals surface area contributed by atoms with Crippen molar-refractivity contribution in [2.45, 2.75) is 51.0 Å². The lowest BCUT2D eigenvalue weighted by molar-refractivity contribution is 0.0713.